The zero-order valence-electron chi connectivity index (χ0n) is 40.2. The molecule has 3 aliphatic heterocycles. The lowest BCUT2D eigenvalue weighted by Crippen LogP contribution is -2.66. The second kappa shape index (κ2) is 34.6. The van der Waals surface area contributed by atoms with Gasteiger partial charge in [0.1, 0.15) is 73.2 Å². The van der Waals surface area contributed by atoms with E-state index in [4.69, 9.17) is 28.4 Å². The molecule has 3 fully saturated rings. The molecule has 17 atom stereocenters. The number of carbonyl (C=O) groups excluding carboxylic acids is 1. The van der Waals surface area contributed by atoms with Crippen molar-refractivity contribution in [3.63, 3.8) is 0 Å². The minimum atomic E-state index is -1.98. The lowest BCUT2D eigenvalue weighted by atomic mass is 9.96. The molecule has 3 aliphatic rings. The van der Waals surface area contributed by atoms with Crippen LogP contribution in [0.5, 0.6) is 0 Å². The van der Waals surface area contributed by atoms with Crippen LogP contribution in [0.3, 0.4) is 0 Å². The SMILES string of the molecule is C/C=C/CC/C=C/CC/C=C/C(O)C(COC1OC(CO)C(OC2OC(CO)C(OC3OC(CO)C(O)C(O)C3O)C(O)C2O)C(O)C1O)NC(=O)CCCCCCC/C=C\C/C=C\C/C=C\CC. The largest absolute Gasteiger partial charge is 0.394 e. The summed E-state index contributed by atoms with van der Waals surface area (Å²) in [5.74, 6) is -0.316. The predicted molar refractivity (Wildman–Crippen MR) is 254 cm³/mol. The van der Waals surface area contributed by atoms with Crippen LogP contribution in [-0.4, -0.2) is 193 Å². The van der Waals surface area contributed by atoms with Crippen molar-refractivity contribution in [2.75, 3.05) is 26.4 Å². The third kappa shape index (κ3) is 20.7. The number of amides is 1. The highest BCUT2D eigenvalue weighted by Crippen LogP contribution is 2.33. The van der Waals surface area contributed by atoms with E-state index in [1.165, 1.54) is 0 Å². The van der Waals surface area contributed by atoms with E-state index in [1.807, 2.05) is 13.0 Å². The number of rotatable bonds is 32. The van der Waals surface area contributed by atoms with Crippen LogP contribution in [-0.2, 0) is 33.2 Å². The summed E-state index contributed by atoms with van der Waals surface area (Å²) in [6.07, 6.45) is 9.48. The first-order valence-electron chi connectivity index (χ1n) is 24.7. The minimum Gasteiger partial charge on any atom is -0.394 e. The van der Waals surface area contributed by atoms with Gasteiger partial charge >= 0.3 is 0 Å². The zero-order valence-corrected chi connectivity index (χ0v) is 40.2. The number of unbranched alkanes of at least 4 members (excludes halogenated alkanes) is 7. The Balaban J connectivity index is 1.57. The van der Waals surface area contributed by atoms with Gasteiger partial charge in [-0.1, -0.05) is 99.1 Å². The molecule has 19 heteroatoms. The monoisotopic (exact) mass is 986 g/mol. The summed E-state index contributed by atoms with van der Waals surface area (Å²) in [4.78, 5) is 13.2. The van der Waals surface area contributed by atoms with Gasteiger partial charge in [0.25, 0.3) is 0 Å². The van der Waals surface area contributed by atoms with Gasteiger partial charge in [-0.2, -0.15) is 0 Å². The smallest absolute Gasteiger partial charge is 0.220 e. The topological polar surface area (TPSA) is 307 Å². The maximum atomic E-state index is 13.2. The highest BCUT2D eigenvalue weighted by atomic mass is 16.8. The predicted octanol–water partition coefficient (Wildman–Crippen LogP) is 1.14. The van der Waals surface area contributed by atoms with E-state index in [2.05, 4.69) is 66.9 Å². The fourth-order valence-corrected chi connectivity index (χ4v) is 7.95. The van der Waals surface area contributed by atoms with Gasteiger partial charge in [-0.3, -0.25) is 4.79 Å². The molecule has 0 bridgehead atoms. The van der Waals surface area contributed by atoms with Gasteiger partial charge in [-0.05, 0) is 71.1 Å². The summed E-state index contributed by atoms with van der Waals surface area (Å²) < 4.78 is 34.0. The first-order chi connectivity index (χ1) is 33.3. The second-order valence-corrected chi connectivity index (χ2v) is 17.5. The Morgan fingerprint density at radius 1 is 0.551 bits per heavy atom. The van der Waals surface area contributed by atoms with Gasteiger partial charge in [0.05, 0.1) is 38.6 Å². The highest BCUT2D eigenvalue weighted by Gasteiger charge is 2.53. The Morgan fingerprint density at radius 3 is 1.62 bits per heavy atom. The Labute approximate surface area is 407 Å². The summed E-state index contributed by atoms with van der Waals surface area (Å²) in [6.45, 7) is 1.26. The summed E-state index contributed by atoms with van der Waals surface area (Å²) in [5.41, 5.74) is 0. The van der Waals surface area contributed by atoms with Crippen molar-refractivity contribution < 1.29 is 89.4 Å². The van der Waals surface area contributed by atoms with Gasteiger partial charge in [-0.15, -0.1) is 0 Å². The summed E-state index contributed by atoms with van der Waals surface area (Å²) in [7, 11) is 0. The molecule has 69 heavy (non-hydrogen) atoms. The molecule has 3 rings (SSSR count). The number of aliphatic hydroxyl groups excluding tert-OH is 11. The number of carbonyl (C=O) groups is 1. The number of aliphatic hydroxyl groups is 11. The fourth-order valence-electron chi connectivity index (χ4n) is 7.95. The molecular weight excluding hydrogens is 903 g/mol. The third-order valence-electron chi connectivity index (χ3n) is 12.1. The fraction of sp³-hybridized carbons (Fsp3) is 0.740. The molecule has 3 saturated heterocycles. The summed E-state index contributed by atoms with van der Waals surface area (Å²) >= 11 is 0. The molecular formula is C50H83NO18. The lowest BCUT2D eigenvalue weighted by Gasteiger charge is -2.48. The molecule has 19 nitrogen and oxygen atoms in total. The van der Waals surface area contributed by atoms with Gasteiger partial charge in [0, 0.05) is 6.42 Å². The Morgan fingerprint density at radius 2 is 1.03 bits per heavy atom. The van der Waals surface area contributed by atoms with Crippen molar-refractivity contribution in [3.05, 3.63) is 72.9 Å². The first-order valence-corrected chi connectivity index (χ1v) is 24.7. The van der Waals surface area contributed by atoms with Crippen LogP contribution in [0.4, 0.5) is 0 Å². The summed E-state index contributed by atoms with van der Waals surface area (Å²) in [6, 6.07) is -1.00. The van der Waals surface area contributed by atoms with Crippen LogP contribution in [0.1, 0.15) is 104 Å². The van der Waals surface area contributed by atoms with Crippen molar-refractivity contribution in [3.8, 4) is 0 Å². The molecule has 0 radical (unpaired) electrons. The highest BCUT2D eigenvalue weighted by molar-refractivity contribution is 5.76. The van der Waals surface area contributed by atoms with Gasteiger partial charge in [0.2, 0.25) is 5.91 Å². The molecule has 0 aromatic carbocycles. The standard InChI is InChI=1S/C50H83NO18/c1-3-5-7-9-11-13-14-15-16-17-18-20-22-24-26-28-38(56)51-33(34(55)27-25-23-21-19-12-10-8-6-4-2)32-64-48-44(62)41(59)46(36(30-53)66-48)69-50-45(63)42(60)47(37(31-54)67-50)68-49-43(61)40(58)39(57)35(29-52)65-49/h4-7,11-13,15-16,19,25,27,33-37,39-50,52-55,57-63H,3,8-10,14,17-18,20-24,26,28-32H2,1-2H3,(H,51,56)/b6-4+,7-5-,13-11-,16-15-,19-12+,27-25+. The number of nitrogens with one attached hydrogen (secondary N) is 1. The van der Waals surface area contributed by atoms with Crippen LogP contribution in [0.25, 0.3) is 0 Å². The molecule has 0 aromatic heterocycles. The van der Waals surface area contributed by atoms with Crippen LogP contribution in [0.15, 0.2) is 72.9 Å². The number of hydrogen-bond acceptors (Lipinski definition) is 18. The molecule has 17 unspecified atom stereocenters. The lowest BCUT2D eigenvalue weighted by molar-refractivity contribution is -0.379. The second-order valence-electron chi connectivity index (χ2n) is 17.5. The van der Waals surface area contributed by atoms with Crippen LogP contribution >= 0.6 is 0 Å². The Bertz CT molecular complexity index is 1560. The Hall–Kier alpha value is -2.77. The summed E-state index contributed by atoms with van der Waals surface area (Å²) in [5, 5.41) is 119. The quantitative estimate of drug-likeness (QED) is 0.0332. The zero-order chi connectivity index (χ0) is 50.6. The van der Waals surface area contributed by atoms with Gasteiger partial charge in [0.15, 0.2) is 18.9 Å². The number of hydrogen-bond donors (Lipinski definition) is 12. The maximum Gasteiger partial charge on any atom is 0.220 e. The van der Waals surface area contributed by atoms with E-state index in [0.717, 1.165) is 70.6 Å². The molecule has 0 saturated carbocycles. The molecule has 0 aromatic rings. The average molecular weight is 986 g/mol. The average Bonchev–Trinajstić information content (AvgIpc) is 3.34. The normalized spacial score (nSPS) is 33.5. The Kier molecular flexibility index (Phi) is 30.3. The third-order valence-corrected chi connectivity index (χ3v) is 12.1. The van der Waals surface area contributed by atoms with E-state index in [9.17, 15) is 61.0 Å². The van der Waals surface area contributed by atoms with Crippen molar-refractivity contribution in [1.82, 2.24) is 5.32 Å². The molecule has 0 spiro atoms. The van der Waals surface area contributed by atoms with E-state index in [1.54, 1.807) is 12.2 Å². The molecule has 3 heterocycles. The number of ether oxygens (including phenoxy) is 6. The maximum absolute atomic E-state index is 13.2. The van der Waals surface area contributed by atoms with E-state index in [0.29, 0.717) is 12.8 Å². The van der Waals surface area contributed by atoms with Crippen LogP contribution in [0.2, 0.25) is 0 Å². The van der Waals surface area contributed by atoms with E-state index in [-0.39, 0.29) is 18.9 Å². The van der Waals surface area contributed by atoms with Crippen LogP contribution in [0, 0.1) is 0 Å². The minimum absolute atomic E-state index is 0.207. The molecule has 1 amide bonds. The molecule has 12 N–H and O–H groups in total. The van der Waals surface area contributed by atoms with Crippen molar-refractivity contribution >= 4 is 5.91 Å². The van der Waals surface area contributed by atoms with E-state index >= 15 is 0 Å². The van der Waals surface area contributed by atoms with Gasteiger partial charge < -0.3 is 89.9 Å². The van der Waals surface area contributed by atoms with Crippen molar-refractivity contribution in [2.45, 2.75) is 208 Å². The van der Waals surface area contributed by atoms with E-state index < -0.39 is 124 Å². The molecule has 0 aliphatic carbocycles. The van der Waals surface area contributed by atoms with Gasteiger partial charge in [-0.25, -0.2) is 0 Å². The van der Waals surface area contributed by atoms with Crippen LogP contribution < -0.4 is 5.32 Å². The first kappa shape index (κ1) is 60.5. The molecule has 396 valence electrons. The number of allylic oxidation sites excluding steroid dienone is 11. The van der Waals surface area contributed by atoms with Crippen molar-refractivity contribution in [2.24, 2.45) is 0 Å². The van der Waals surface area contributed by atoms with Crippen molar-refractivity contribution in [1.29, 1.82) is 0 Å².